The lowest BCUT2D eigenvalue weighted by molar-refractivity contribution is -0.123. The maximum Gasteiger partial charge on any atom is 0.237 e. The first-order valence-corrected chi connectivity index (χ1v) is 6.52. The Morgan fingerprint density at radius 2 is 2.31 bits per heavy atom. The monoisotopic (exact) mass is 225 g/mol. The summed E-state index contributed by atoms with van der Waals surface area (Å²) in [4.78, 5) is 14.3. The lowest BCUT2D eigenvalue weighted by atomic mass is 10.1. The van der Waals surface area contributed by atoms with Crippen LogP contribution in [-0.4, -0.2) is 42.0 Å². The second-order valence-corrected chi connectivity index (χ2v) is 5.04. The number of hydrogen-bond acceptors (Lipinski definition) is 3. The average Bonchev–Trinajstić information content (AvgIpc) is 2.83. The molecule has 3 N–H and O–H groups in total. The number of amides is 1. The molecule has 0 saturated carbocycles. The molecule has 4 heteroatoms. The van der Waals surface area contributed by atoms with Crippen molar-refractivity contribution >= 4 is 5.91 Å². The van der Waals surface area contributed by atoms with Crippen molar-refractivity contribution in [3.8, 4) is 0 Å². The van der Waals surface area contributed by atoms with Crippen molar-refractivity contribution in [2.45, 2.75) is 57.2 Å². The van der Waals surface area contributed by atoms with E-state index in [9.17, 15) is 4.79 Å². The predicted octanol–water partition coefficient (Wildman–Crippen LogP) is 0.467. The molecule has 16 heavy (non-hydrogen) atoms. The zero-order chi connectivity index (χ0) is 11.5. The van der Waals surface area contributed by atoms with Gasteiger partial charge in [0.25, 0.3) is 0 Å². The second-order valence-electron chi connectivity index (χ2n) is 5.04. The van der Waals surface area contributed by atoms with Crippen LogP contribution in [0.15, 0.2) is 0 Å². The van der Waals surface area contributed by atoms with Gasteiger partial charge >= 0.3 is 0 Å². The van der Waals surface area contributed by atoms with Gasteiger partial charge in [0.05, 0.1) is 6.04 Å². The van der Waals surface area contributed by atoms with Gasteiger partial charge in [-0.25, -0.2) is 0 Å². The molecule has 2 aliphatic heterocycles. The fourth-order valence-electron chi connectivity index (χ4n) is 2.98. The fraction of sp³-hybridized carbons (Fsp3) is 0.917. The molecule has 2 fully saturated rings. The Kier molecular flexibility index (Phi) is 3.82. The average molecular weight is 225 g/mol. The van der Waals surface area contributed by atoms with Gasteiger partial charge in [-0.05, 0) is 32.2 Å². The van der Waals surface area contributed by atoms with Crippen LogP contribution < -0.4 is 11.1 Å². The van der Waals surface area contributed by atoms with Gasteiger partial charge in [-0.3, -0.25) is 9.69 Å². The molecule has 2 aliphatic rings. The van der Waals surface area contributed by atoms with Crippen LogP contribution >= 0.6 is 0 Å². The van der Waals surface area contributed by atoms with Gasteiger partial charge in [0.1, 0.15) is 0 Å². The SMILES string of the molecule is CCCC(N)C(=O)NC1CCN2CCCC12. The molecule has 0 radical (unpaired) electrons. The van der Waals surface area contributed by atoms with E-state index in [0.29, 0.717) is 12.1 Å². The Bertz CT molecular complexity index is 257. The molecule has 0 aromatic heterocycles. The van der Waals surface area contributed by atoms with Crippen LogP contribution in [0.3, 0.4) is 0 Å². The van der Waals surface area contributed by atoms with Crippen LogP contribution in [0.4, 0.5) is 0 Å². The summed E-state index contributed by atoms with van der Waals surface area (Å²) in [6, 6.07) is 0.608. The second kappa shape index (κ2) is 5.15. The van der Waals surface area contributed by atoms with Crippen LogP contribution in [-0.2, 0) is 4.79 Å². The zero-order valence-corrected chi connectivity index (χ0v) is 10.1. The van der Waals surface area contributed by atoms with Gasteiger partial charge in [0.15, 0.2) is 0 Å². The standard InChI is InChI=1S/C12H23N3O/c1-2-4-9(13)12(16)14-10-6-8-15-7-3-5-11(10)15/h9-11H,2-8,13H2,1H3,(H,14,16). The van der Waals surface area contributed by atoms with Gasteiger partial charge < -0.3 is 11.1 Å². The van der Waals surface area contributed by atoms with E-state index >= 15 is 0 Å². The van der Waals surface area contributed by atoms with Crippen molar-refractivity contribution in [1.29, 1.82) is 0 Å². The van der Waals surface area contributed by atoms with Crippen molar-refractivity contribution in [3.05, 3.63) is 0 Å². The number of nitrogens with one attached hydrogen (secondary N) is 1. The van der Waals surface area contributed by atoms with Gasteiger partial charge in [0.2, 0.25) is 5.91 Å². The minimum atomic E-state index is -0.319. The summed E-state index contributed by atoms with van der Waals surface area (Å²) in [6.45, 7) is 4.40. The third kappa shape index (κ3) is 2.38. The van der Waals surface area contributed by atoms with E-state index in [4.69, 9.17) is 5.73 Å². The number of hydrogen-bond donors (Lipinski definition) is 2. The van der Waals surface area contributed by atoms with E-state index in [-0.39, 0.29) is 11.9 Å². The molecule has 0 aliphatic carbocycles. The predicted molar refractivity (Wildman–Crippen MR) is 64.0 cm³/mol. The van der Waals surface area contributed by atoms with E-state index in [0.717, 1.165) is 25.8 Å². The first-order chi connectivity index (χ1) is 7.72. The Morgan fingerprint density at radius 3 is 3.06 bits per heavy atom. The summed E-state index contributed by atoms with van der Waals surface area (Å²) in [7, 11) is 0. The summed E-state index contributed by atoms with van der Waals surface area (Å²) >= 11 is 0. The van der Waals surface area contributed by atoms with Crippen LogP contribution in [0.2, 0.25) is 0 Å². The number of nitrogens with two attached hydrogens (primary N) is 1. The maximum atomic E-state index is 11.8. The molecule has 0 bridgehead atoms. The number of carbonyl (C=O) groups is 1. The summed E-state index contributed by atoms with van der Waals surface area (Å²) in [5.41, 5.74) is 5.82. The largest absolute Gasteiger partial charge is 0.350 e. The highest BCUT2D eigenvalue weighted by atomic mass is 16.2. The normalized spacial score (nSPS) is 31.4. The summed E-state index contributed by atoms with van der Waals surface area (Å²) < 4.78 is 0. The molecule has 92 valence electrons. The minimum Gasteiger partial charge on any atom is -0.350 e. The molecule has 0 aromatic rings. The molecule has 3 atom stereocenters. The number of carbonyl (C=O) groups excluding carboxylic acids is 1. The van der Waals surface area contributed by atoms with Crippen molar-refractivity contribution in [1.82, 2.24) is 10.2 Å². The van der Waals surface area contributed by atoms with Crippen molar-refractivity contribution in [2.24, 2.45) is 5.73 Å². The van der Waals surface area contributed by atoms with Crippen molar-refractivity contribution in [2.75, 3.05) is 13.1 Å². The quantitative estimate of drug-likeness (QED) is 0.731. The molecular weight excluding hydrogens is 202 g/mol. The molecule has 2 rings (SSSR count). The molecule has 3 unspecified atom stereocenters. The van der Waals surface area contributed by atoms with Gasteiger partial charge in [-0.2, -0.15) is 0 Å². The van der Waals surface area contributed by atoms with Crippen LogP contribution in [0.1, 0.15) is 39.0 Å². The van der Waals surface area contributed by atoms with Crippen molar-refractivity contribution in [3.63, 3.8) is 0 Å². The molecule has 0 spiro atoms. The summed E-state index contributed by atoms with van der Waals surface area (Å²) in [5, 5.41) is 3.13. The molecule has 0 aromatic carbocycles. The summed E-state index contributed by atoms with van der Waals surface area (Å²) in [5.74, 6) is 0.0422. The highest BCUT2D eigenvalue weighted by molar-refractivity contribution is 5.81. The van der Waals surface area contributed by atoms with E-state index < -0.39 is 0 Å². The lowest BCUT2D eigenvalue weighted by Gasteiger charge is -2.22. The Morgan fingerprint density at radius 1 is 1.50 bits per heavy atom. The van der Waals surface area contributed by atoms with Crippen LogP contribution in [0.25, 0.3) is 0 Å². The smallest absolute Gasteiger partial charge is 0.237 e. The van der Waals surface area contributed by atoms with Crippen molar-refractivity contribution < 1.29 is 4.79 Å². The van der Waals surface area contributed by atoms with Gasteiger partial charge in [-0.15, -0.1) is 0 Å². The van der Waals surface area contributed by atoms with E-state index in [1.54, 1.807) is 0 Å². The van der Waals surface area contributed by atoms with Gasteiger partial charge in [-0.1, -0.05) is 13.3 Å². The van der Waals surface area contributed by atoms with E-state index in [1.165, 1.54) is 19.4 Å². The minimum absolute atomic E-state index is 0.0422. The molecule has 2 heterocycles. The maximum absolute atomic E-state index is 11.8. The fourth-order valence-corrected chi connectivity index (χ4v) is 2.98. The molecule has 1 amide bonds. The molecule has 4 nitrogen and oxygen atoms in total. The topological polar surface area (TPSA) is 58.4 Å². The lowest BCUT2D eigenvalue weighted by Crippen LogP contribution is -2.48. The summed E-state index contributed by atoms with van der Waals surface area (Å²) in [6.07, 6.45) is 5.35. The third-order valence-electron chi connectivity index (χ3n) is 3.87. The number of nitrogens with zero attached hydrogens (tertiary/aromatic N) is 1. The molecular formula is C12H23N3O. The van der Waals surface area contributed by atoms with E-state index in [2.05, 4.69) is 17.1 Å². The van der Waals surface area contributed by atoms with Crippen LogP contribution in [0, 0.1) is 0 Å². The molecule has 2 saturated heterocycles. The highest BCUT2D eigenvalue weighted by Crippen LogP contribution is 2.27. The Balaban J connectivity index is 1.83. The van der Waals surface area contributed by atoms with Crippen LogP contribution in [0.5, 0.6) is 0 Å². The zero-order valence-electron chi connectivity index (χ0n) is 10.1. The highest BCUT2D eigenvalue weighted by Gasteiger charge is 2.38. The van der Waals surface area contributed by atoms with Gasteiger partial charge in [0, 0.05) is 18.6 Å². The number of rotatable bonds is 4. The Labute approximate surface area is 97.6 Å². The third-order valence-corrected chi connectivity index (χ3v) is 3.87. The van der Waals surface area contributed by atoms with E-state index in [1.807, 2.05) is 0 Å². The Hall–Kier alpha value is -0.610. The first-order valence-electron chi connectivity index (χ1n) is 6.52. The first kappa shape index (κ1) is 11.9. The number of fused-ring (bicyclic) bond motifs is 1.